The van der Waals surface area contributed by atoms with Crippen molar-refractivity contribution in [3.05, 3.63) is 64.7 Å². The topological polar surface area (TPSA) is 58.6 Å². The van der Waals surface area contributed by atoms with E-state index < -0.39 is 0 Å². The zero-order chi connectivity index (χ0) is 18.0. The third-order valence-electron chi connectivity index (χ3n) is 4.20. The number of hydrogen-bond donors (Lipinski definition) is 1. The second-order valence-corrected chi connectivity index (χ2v) is 6.51. The minimum absolute atomic E-state index is 0.00151. The summed E-state index contributed by atoms with van der Waals surface area (Å²) in [6.45, 7) is 4.89. The lowest BCUT2D eigenvalue weighted by Gasteiger charge is -2.15. The molecule has 0 saturated heterocycles. The summed E-state index contributed by atoms with van der Waals surface area (Å²) in [5.74, 6) is 0.682. The van der Waals surface area contributed by atoms with Crippen molar-refractivity contribution in [1.82, 2.24) is 10.2 Å². The summed E-state index contributed by atoms with van der Waals surface area (Å²) in [7, 11) is 1.63. The van der Waals surface area contributed by atoms with Gasteiger partial charge in [0.05, 0.1) is 7.11 Å². The normalized spacial score (nSPS) is 13.1. The predicted molar refractivity (Wildman–Crippen MR) is 95.6 cm³/mol. The Morgan fingerprint density at radius 2 is 1.92 bits per heavy atom. The van der Waals surface area contributed by atoms with E-state index >= 15 is 0 Å². The van der Waals surface area contributed by atoms with Crippen LogP contribution in [-0.2, 0) is 13.1 Å². The van der Waals surface area contributed by atoms with Crippen molar-refractivity contribution >= 4 is 11.8 Å². The number of carbonyl (C=O) groups is 2. The monoisotopic (exact) mass is 338 g/mol. The number of ether oxygens (including phenoxy) is 1. The highest BCUT2D eigenvalue weighted by Crippen LogP contribution is 2.26. The number of rotatable bonds is 5. The number of hydrogen-bond acceptors (Lipinski definition) is 3. The van der Waals surface area contributed by atoms with Gasteiger partial charge in [0.1, 0.15) is 5.75 Å². The molecular weight excluding hydrogens is 316 g/mol. The van der Waals surface area contributed by atoms with E-state index in [0.29, 0.717) is 24.2 Å². The molecule has 3 rings (SSSR count). The second kappa shape index (κ2) is 6.97. The van der Waals surface area contributed by atoms with Crippen LogP contribution in [-0.4, -0.2) is 29.9 Å². The number of benzene rings is 2. The van der Waals surface area contributed by atoms with Crippen LogP contribution in [0.4, 0.5) is 0 Å². The van der Waals surface area contributed by atoms with Gasteiger partial charge in [-0.1, -0.05) is 12.1 Å². The lowest BCUT2D eigenvalue weighted by Crippen LogP contribution is -2.30. The van der Waals surface area contributed by atoms with Crippen LogP contribution >= 0.6 is 0 Å². The van der Waals surface area contributed by atoms with Crippen LogP contribution in [0.3, 0.4) is 0 Å². The molecule has 0 spiro atoms. The number of methoxy groups -OCH3 is 1. The summed E-state index contributed by atoms with van der Waals surface area (Å²) in [5.41, 5.74) is 3.20. The van der Waals surface area contributed by atoms with Gasteiger partial charge in [-0.25, -0.2) is 0 Å². The average Bonchev–Trinajstić information content (AvgIpc) is 2.90. The molecule has 1 aliphatic heterocycles. The Bertz CT molecular complexity index is 797. The Kier molecular flexibility index (Phi) is 4.74. The first-order valence-corrected chi connectivity index (χ1v) is 8.34. The fourth-order valence-corrected chi connectivity index (χ4v) is 2.95. The minimum Gasteiger partial charge on any atom is -0.497 e. The van der Waals surface area contributed by atoms with Crippen molar-refractivity contribution in [1.29, 1.82) is 0 Å². The fraction of sp³-hybridized carbons (Fsp3) is 0.300. The maximum Gasteiger partial charge on any atom is 0.254 e. The van der Waals surface area contributed by atoms with E-state index in [1.807, 2.05) is 44.2 Å². The molecule has 0 aliphatic carbocycles. The molecule has 130 valence electrons. The van der Waals surface area contributed by atoms with E-state index in [2.05, 4.69) is 5.32 Å². The quantitative estimate of drug-likeness (QED) is 0.912. The van der Waals surface area contributed by atoms with E-state index in [9.17, 15) is 9.59 Å². The Morgan fingerprint density at radius 3 is 2.56 bits per heavy atom. The van der Waals surface area contributed by atoms with E-state index in [1.54, 1.807) is 24.1 Å². The van der Waals surface area contributed by atoms with Crippen molar-refractivity contribution in [3.63, 3.8) is 0 Å². The second-order valence-electron chi connectivity index (χ2n) is 6.51. The first-order valence-electron chi connectivity index (χ1n) is 8.34. The van der Waals surface area contributed by atoms with E-state index in [0.717, 1.165) is 16.9 Å². The lowest BCUT2D eigenvalue weighted by molar-refractivity contribution is 0.0766. The largest absolute Gasteiger partial charge is 0.497 e. The SMILES string of the molecule is COc1ccc(CN2Cc3cc(C(=O)NC(C)C)ccc3C2=O)cc1. The van der Waals surface area contributed by atoms with Crippen LogP contribution in [0.2, 0.25) is 0 Å². The summed E-state index contributed by atoms with van der Waals surface area (Å²) < 4.78 is 5.16. The Balaban J connectivity index is 1.74. The first-order chi connectivity index (χ1) is 12.0. The van der Waals surface area contributed by atoms with Gasteiger partial charge in [-0.05, 0) is 55.3 Å². The fourth-order valence-electron chi connectivity index (χ4n) is 2.95. The van der Waals surface area contributed by atoms with Gasteiger partial charge in [0.25, 0.3) is 11.8 Å². The van der Waals surface area contributed by atoms with Gasteiger partial charge in [0.2, 0.25) is 0 Å². The molecule has 1 aliphatic rings. The molecule has 1 N–H and O–H groups in total. The molecule has 2 amide bonds. The van der Waals surface area contributed by atoms with Crippen molar-refractivity contribution < 1.29 is 14.3 Å². The van der Waals surface area contributed by atoms with Crippen molar-refractivity contribution in [3.8, 4) is 5.75 Å². The van der Waals surface area contributed by atoms with Crippen molar-refractivity contribution in [2.45, 2.75) is 33.0 Å². The molecule has 0 radical (unpaired) electrons. The van der Waals surface area contributed by atoms with Gasteiger partial charge < -0.3 is 15.0 Å². The zero-order valence-electron chi connectivity index (χ0n) is 14.7. The van der Waals surface area contributed by atoms with E-state index in [4.69, 9.17) is 4.74 Å². The highest BCUT2D eigenvalue weighted by molar-refractivity contribution is 6.01. The van der Waals surface area contributed by atoms with Crippen molar-refractivity contribution in [2.75, 3.05) is 7.11 Å². The molecule has 5 nitrogen and oxygen atoms in total. The van der Waals surface area contributed by atoms with E-state index in [1.165, 1.54) is 0 Å². The molecule has 0 aromatic heterocycles. The Morgan fingerprint density at radius 1 is 1.20 bits per heavy atom. The minimum atomic E-state index is -0.112. The van der Waals surface area contributed by atoms with Crippen LogP contribution < -0.4 is 10.1 Å². The molecule has 0 fully saturated rings. The standard InChI is InChI=1S/C20H22N2O3/c1-13(2)21-19(23)15-6-9-18-16(10-15)12-22(20(18)24)11-14-4-7-17(25-3)8-5-14/h4-10,13H,11-12H2,1-3H3,(H,21,23). The highest BCUT2D eigenvalue weighted by atomic mass is 16.5. The van der Waals surface area contributed by atoms with Gasteiger partial charge in [-0.2, -0.15) is 0 Å². The van der Waals surface area contributed by atoms with Crippen LogP contribution in [0.5, 0.6) is 5.75 Å². The summed E-state index contributed by atoms with van der Waals surface area (Å²) >= 11 is 0. The third-order valence-corrected chi connectivity index (χ3v) is 4.20. The van der Waals surface area contributed by atoms with Crippen molar-refractivity contribution in [2.24, 2.45) is 0 Å². The molecule has 0 bridgehead atoms. The van der Waals surface area contributed by atoms with Crippen LogP contribution in [0.1, 0.15) is 45.7 Å². The molecule has 5 heteroatoms. The first kappa shape index (κ1) is 17.0. The number of fused-ring (bicyclic) bond motifs is 1. The third kappa shape index (κ3) is 3.65. The van der Waals surface area contributed by atoms with Crippen LogP contribution in [0.15, 0.2) is 42.5 Å². The molecular formula is C20H22N2O3. The van der Waals surface area contributed by atoms with Gasteiger partial charge >= 0.3 is 0 Å². The smallest absolute Gasteiger partial charge is 0.254 e. The summed E-state index contributed by atoms with van der Waals surface area (Å²) in [4.78, 5) is 26.5. The zero-order valence-corrected chi connectivity index (χ0v) is 14.7. The Hall–Kier alpha value is -2.82. The van der Waals surface area contributed by atoms with Crippen LogP contribution in [0.25, 0.3) is 0 Å². The molecule has 2 aromatic rings. The number of nitrogens with zero attached hydrogens (tertiary/aromatic N) is 1. The predicted octanol–water partition coefficient (Wildman–Crippen LogP) is 2.99. The number of nitrogens with one attached hydrogen (secondary N) is 1. The molecule has 25 heavy (non-hydrogen) atoms. The van der Waals surface area contributed by atoms with Gasteiger partial charge in [0, 0.05) is 30.3 Å². The lowest BCUT2D eigenvalue weighted by atomic mass is 10.1. The molecule has 2 aromatic carbocycles. The van der Waals surface area contributed by atoms with Crippen LogP contribution in [0, 0.1) is 0 Å². The van der Waals surface area contributed by atoms with Gasteiger partial charge in [-0.15, -0.1) is 0 Å². The highest BCUT2D eigenvalue weighted by Gasteiger charge is 2.28. The Labute approximate surface area is 147 Å². The summed E-state index contributed by atoms with van der Waals surface area (Å²) in [5, 5.41) is 2.87. The molecule has 0 atom stereocenters. The summed E-state index contributed by atoms with van der Waals surface area (Å²) in [6, 6.07) is 13.0. The molecule has 0 saturated carbocycles. The van der Waals surface area contributed by atoms with E-state index in [-0.39, 0.29) is 17.9 Å². The molecule has 1 heterocycles. The maximum absolute atomic E-state index is 12.6. The maximum atomic E-state index is 12.6. The molecule has 0 unspecified atom stereocenters. The average molecular weight is 338 g/mol. The summed E-state index contributed by atoms with van der Waals surface area (Å²) in [6.07, 6.45) is 0. The number of carbonyl (C=O) groups excluding carboxylic acids is 2. The number of amides is 2. The van der Waals surface area contributed by atoms with Gasteiger partial charge in [0.15, 0.2) is 0 Å². The van der Waals surface area contributed by atoms with Gasteiger partial charge in [-0.3, -0.25) is 9.59 Å².